The molecule has 0 saturated carbocycles. The van der Waals surface area contributed by atoms with E-state index in [0.29, 0.717) is 6.54 Å². The molecule has 3 rings (SSSR count). The van der Waals surface area contributed by atoms with Crippen LogP contribution < -0.4 is 4.90 Å². The molecule has 1 N–H and O–H groups in total. The summed E-state index contributed by atoms with van der Waals surface area (Å²) in [4.78, 5) is 18.3. The molecule has 0 spiro atoms. The van der Waals surface area contributed by atoms with Crippen LogP contribution in [0.4, 0.5) is 5.69 Å². The zero-order valence-electron chi connectivity index (χ0n) is 11.3. The second-order valence-corrected chi connectivity index (χ2v) is 5.06. The lowest BCUT2D eigenvalue weighted by atomic mass is 9.99. The zero-order chi connectivity index (χ0) is 14.1. The molecule has 0 aliphatic carbocycles. The van der Waals surface area contributed by atoms with Crippen LogP contribution in [0.5, 0.6) is 5.75 Å². The Morgan fingerprint density at radius 1 is 1.35 bits per heavy atom. The van der Waals surface area contributed by atoms with E-state index in [-0.39, 0.29) is 17.4 Å². The van der Waals surface area contributed by atoms with Crippen LogP contribution in [0.2, 0.25) is 0 Å². The number of pyridine rings is 1. The van der Waals surface area contributed by atoms with Gasteiger partial charge in [-0.15, -0.1) is 0 Å². The van der Waals surface area contributed by atoms with E-state index < -0.39 is 0 Å². The summed E-state index contributed by atoms with van der Waals surface area (Å²) >= 11 is 0. The van der Waals surface area contributed by atoms with E-state index >= 15 is 0 Å². The van der Waals surface area contributed by atoms with Gasteiger partial charge in [0.1, 0.15) is 5.75 Å². The quantitative estimate of drug-likeness (QED) is 0.865. The van der Waals surface area contributed by atoms with Crippen molar-refractivity contribution in [1.82, 2.24) is 4.98 Å². The first kappa shape index (κ1) is 12.7. The van der Waals surface area contributed by atoms with E-state index in [0.717, 1.165) is 24.1 Å². The van der Waals surface area contributed by atoms with Gasteiger partial charge in [-0.3, -0.25) is 4.79 Å². The van der Waals surface area contributed by atoms with Gasteiger partial charge in [0.25, 0.3) is 5.91 Å². The molecule has 0 unspecified atom stereocenters. The Hall–Kier alpha value is -2.36. The predicted octanol–water partition coefficient (Wildman–Crippen LogP) is 2.69. The molecule has 1 aliphatic heterocycles. The average molecular weight is 268 g/mol. The monoisotopic (exact) mass is 268 g/mol. The maximum absolute atomic E-state index is 12.6. The van der Waals surface area contributed by atoms with Crippen molar-refractivity contribution in [2.75, 3.05) is 11.4 Å². The number of fused-ring (bicyclic) bond motifs is 1. The standard InChI is InChI=1S/C16H16N2O2/c1-11-6-7-12-4-3-9-18(13(12)10-11)16(20)15-14(19)5-2-8-17-15/h2,5-8,10,19H,3-4,9H2,1H3. The number of hydrogen-bond donors (Lipinski definition) is 1. The molecule has 102 valence electrons. The van der Waals surface area contributed by atoms with Crippen LogP contribution in [0, 0.1) is 6.92 Å². The van der Waals surface area contributed by atoms with E-state index in [9.17, 15) is 9.90 Å². The summed E-state index contributed by atoms with van der Waals surface area (Å²) < 4.78 is 0. The minimum absolute atomic E-state index is 0.0720. The number of nitrogens with zero attached hydrogens (tertiary/aromatic N) is 2. The number of rotatable bonds is 1. The molecular formula is C16H16N2O2. The number of carbonyl (C=O) groups is 1. The highest BCUT2D eigenvalue weighted by molar-refractivity contribution is 6.07. The average Bonchev–Trinajstić information content (AvgIpc) is 2.46. The van der Waals surface area contributed by atoms with Gasteiger partial charge in [0.2, 0.25) is 0 Å². The maximum Gasteiger partial charge on any atom is 0.280 e. The largest absolute Gasteiger partial charge is 0.505 e. The van der Waals surface area contributed by atoms with Gasteiger partial charge in [-0.2, -0.15) is 0 Å². The number of aromatic hydroxyl groups is 1. The van der Waals surface area contributed by atoms with Gasteiger partial charge in [0.05, 0.1) is 0 Å². The Bertz CT molecular complexity index is 667. The van der Waals surface area contributed by atoms with Crippen LogP contribution >= 0.6 is 0 Å². The van der Waals surface area contributed by atoms with E-state index in [1.54, 1.807) is 11.0 Å². The van der Waals surface area contributed by atoms with Gasteiger partial charge < -0.3 is 10.0 Å². The number of amides is 1. The lowest BCUT2D eigenvalue weighted by molar-refractivity contribution is 0.0977. The number of aryl methyl sites for hydroxylation is 2. The van der Waals surface area contributed by atoms with Gasteiger partial charge in [0, 0.05) is 18.4 Å². The van der Waals surface area contributed by atoms with Gasteiger partial charge in [-0.25, -0.2) is 4.98 Å². The third-order valence-electron chi connectivity index (χ3n) is 3.59. The van der Waals surface area contributed by atoms with Gasteiger partial charge in [-0.05, 0) is 49.1 Å². The Kier molecular flexibility index (Phi) is 3.14. The maximum atomic E-state index is 12.6. The number of hydrogen-bond acceptors (Lipinski definition) is 3. The summed E-state index contributed by atoms with van der Waals surface area (Å²) in [5.74, 6) is -0.313. The molecule has 2 aromatic rings. The van der Waals surface area contributed by atoms with Crippen molar-refractivity contribution in [3.63, 3.8) is 0 Å². The van der Waals surface area contributed by atoms with Gasteiger partial charge in [0.15, 0.2) is 5.69 Å². The van der Waals surface area contributed by atoms with Gasteiger partial charge >= 0.3 is 0 Å². The van der Waals surface area contributed by atoms with Crippen LogP contribution in [0.3, 0.4) is 0 Å². The fourth-order valence-electron chi connectivity index (χ4n) is 2.59. The van der Waals surface area contributed by atoms with Crippen molar-refractivity contribution in [1.29, 1.82) is 0 Å². The molecule has 2 heterocycles. The fourth-order valence-corrected chi connectivity index (χ4v) is 2.59. The second kappa shape index (κ2) is 4.96. The van der Waals surface area contributed by atoms with Crippen LogP contribution in [-0.4, -0.2) is 22.5 Å². The van der Waals surface area contributed by atoms with Crippen molar-refractivity contribution in [3.05, 3.63) is 53.3 Å². The third-order valence-corrected chi connectivity index (χ3v) is 3.59. The van der Waals surface area contributed by atoms with E-state index in [1.165, 1.54) is 17.8 Å². The SMILES string of the molecule is Cc1ccc2c(c1)N(C(=O)c1ncccc1O)CCC2. The lowest BCUT2D eigenvalue weighted by Gasteiger charge is -2.29. The summed E-state index contributed by atoms with van der Waals surface area (Å²) in [6.45, 7) is 2.67. The van der Waals surface area contributed by atoms with Crippen LogP contribution in [0.1, 0.15) is 28.0 Å². The molecule has 0 saturated heterocycles. The molecular weight excluding hydrogens is 252 g/mol. The Morgan fingerprint density at radius 2 is 2.20 bits per heavy atom. The van der Waals surface area contributed by atoms with Crippen molar-refractivity contribution >= 4 is 11.6 Å². The summed E-state index contributed by atoms with van der Waals surface area (Å²) in [5, 5.41) is 9.80. The number of carbonyl (C=O) groups excluding carboxylic acids is 1. The smallest absolute Gasteiger partial charge is 0.280 e. The Morgan fingerprint density at radius 3 is 3.00 bits per heavy atom. The van der Waals surface area contributed by atoms with Crippen molar-refractivity contribution in [3.8, 4) is 5.75 Å². The normalized spacial score (nSPS) is 13.9. The summed E-state index contributed by atoms with van der Waals surface area (Å²) in [5.41, 5.74) is 3.34. The molecule has 4 heteroatoms. The molecule has 1 aromatic carbocycles. The Balaban J connectivity index is 2.03. The van der Waals surface area contributed by atoms with Crippen LogP contribution in [-0.2, 0) is 6.42 Å². The van der Waals surface area contributed by atoms with Crippen molar-refractivity contribution < 1.29 is 9.90 Å². The molecule has 1 aromatic heterocycles. The van der Waals surface area contributed by atoms with Crippen molar-refractivity contribution in [2.24, 2.45) is 0 Å². The topological polar surface area (TPSA) is 53.4 Å². The van der Waals surface area contributed by atoms with Gasteiger partial charge in [-0.1, -0.05) is 12.1 Å². The molecule has 0 fully saturated rings. The van der Waals surface area contributed by atoms with E-state index in [4.69, 9.17) is 0 Å². The molecule has 1 amide bonds. The van der Waals surface area contributed by atoms with E-state index in [2.05, 4.69) is 17.1 Å². The highest BCUT2D eigenvalue weighted by Crippen LogP contribution is 2.30. The third kappa shape index (κ3) is 2.13. The van der Waals surface area contributed by atoms with Crippen LogP contribution in [0.25, 0.3) is 0 Å². The first-order valence-corrected chi connectivity index (χ1v) is 6.72. The fraction of sp³-hybridized carbons (Fsp3) is 0.250. The molecule has 4 nitrogen and oxygen atoms in total. The number of anilines is 1. The van der Waals surface area contributed by atoms with E-state index in [1.807, 2.05) is 13.0 Å². The minimum atomic E-state index is -0.241. The summed E-state index contributed by atoms with van der Waals surface area (Å²) in [6.07, 6.45) is 3.43. The number of aromatic nitrogens is 1. The molecule has 0 bridgehead atoms. The van der Waals surface area contributed by atoms with Crippen LogP contribution in [0.15, 0.2) is 36.5 Å². The highest BCUT2D eigenvalue weighted by atomic mass is 16.3. The number of benzene rings is 1. The molecule has 20 heavy (non-hydrogen) atoms. The highest BCUT2D eigenvalue weighted by Gasteiger charge is 2.26. The lowest BCUT2D eigenvalue weighted by Crippen LogP contribution is -2.36. The first-order chi connectivity index (χ1) is 9.66. The minimum Gasteiger partial charge on any atom is -0.505 e. The molecule has 1 aliphatic rings. The zero-order valence-corrected chi connectivity index (χ0v) is 11.3. The van der Waals surface area contributed by atoms with Crippen molar-refractivity contribution in [2.45, 2.75) is 19.8 Å². The predicted molar refractivity (Wildman–Crippen MR) is 77.1 cm³/mol. The first-order valence-electron chi connectivity index (χ1n) is 6.72. The summed E-state index contributed by atoms with van der Waals surface area (Å²) in [7, 11) is 0. The molecule has 0 atom stereocenters. The summed E-state index contributed by atoms with van der Waals surface area (Å²) in [6, 6.07) is 9.25. The molecule has 0 radical (unpaired) electrons. The Labute approximate surface area is 117 Å². The second-order valence-electron chi connectivity index (χ2n) is 5.06.